The summed E-state index contributed by atoms with van der Waals surface area (Å²) in [6, 6.07) is 1.96. The monoisotopic (exact) mass is 283 g/mol. The lowest BCUT2D eigenvalue weighted by molar-refractivity contribution is 0.427. The van der Waals surface area contributed by atoms with Gasteiger partial charge >= 0.3 is 0 Å². The van der Waals surface area contributed by atoms with Crippen LogP contribution < -0.4 is 5.32 Å². The van der Waals surface area contributed by atoms with Crippen molar-refractivity contribution in [1.29, 1.82) is 0 Å². The Morgan fingerprint density at radius 1 is 1.44 bits per heavy atom. The Morgan fingerprint density at radius 2 is 2.22 bits per heavy atom. The summed E-state index contributed by atoms with van der Waals surface area (Å²) in [4.78, 5) is 7.71. The topological polar surface area (TPSA) is 40.7 Å². The van der Waals surface area contributed by atoms with E-state index < -0.39 is 0 Å². The Labute approximate surface area is 117 Å². The molecular formula is C13H18ClN3S. The van der Waals surface area contributed by atoms with E-state index in [2.05, 4.69) is 36.1 Å². The van der Waals surface area contributed by atoms with Gasteiger partial charge in [0, 0.05) is 29.4 Å². The van der Waals surface area contributed by atoms with Gasteiger partial charge in [-0.15, -0.1) is 11.3 Å². The van der Waals surface area contributed by atoms with E-state index in [1.807, 2.05) is 17.6 Å². The summed E-state index contributed by atoms with van der Waals surface area (Å²) in [5.74, 6) is 1.00. The Bertz CT molecular complexity index is 510. The molecule has 0 aliphatic rings. The third-order valence-electron chi connectivity index (χ3n) is 2.52. The lowest BCUT2D eigenvalue weighted by Crippen LogP contribution is -2.37. The average molecular weight is 284 g/mol. The van der Waals surface area contributed by atoms with Crippen LogP contribution in [-0.4, -0.2) is 22.1 Å². The smallest absolute Gasteiger partial charge is 0.107 e. The van der Waals surface area contributed by atoms with E-state index in [4.69, 9.17) is 11.6 Å². The number of hydrogen-bond donors (Lipinski definition) is 2. The fourth-order valence-corrected chi connectivity index (χ4v) is 2.52. The van der Waals surface area contributed by atoms with E-state index in [-0.39, 0.29) is 5.54 Å². The summed E-state index contributed by atoms with van der Waals surface area (Å²) >= 11 is 7.46. The SMILES string of the molecule is CC(C)(C)NCCc1ncc(-c2csc(Cl)c2)[nH]1. The number of aromatic nitrogens is 2. The first-order chi connectivity index (χ1) is 8.44. The van der Waals surface area contributed by atoms with Crippen molar-refractivity contribution < 1.29 is 0 Å². The van der Waals surface area contributed by atoms with Crippen LogP contribution in [0.2, 0.25) is 4.34 Å². The first kappa shape index (κ1) is 13.6. The molecule has 0 amide bonds. The summed E-state index contributed by atoms with van der Waals surface area (Å²) in [6.45, 7) is 7.40. The molecule has 0 unspecified atom stereocenters. The average Bonchev–Trinajstić information content (AvgIpc) is 2.85. The van der Waals surface area contributed by atoms with Crippen LogP contribution in [0.4, 0.5) is 0 Å². The van der Waals surface area contributed by atoms with Gasteiger partial charge in [0.15, 0.2) is 0 Å². The summed E-state index contributed by atoms with van der Waals surface area (Å²) < 4.78 is 0.801. The fraction of sp³-hybridized carbons (Fsp3) is 0.462. The normalized spacial score (nSPS) is 12.0. The maximum Gasteiger partial charge on any atom is 0.107 e. The molecule has 2 N–H and O–H groups in total. The number of hydrogen-bond acceptors (Lipinski definition) is 3. The maximum atomic E-state index is 5.93. The van der Waals surface area contributed by atoms with Crippen LogP contribution in [0.5, 0.6) is 0 Å². The highest BCUT2D eigenvalue weighted by molar-refractivity contribution is 7.14. The third kappa shape index (κ3) is 3.83. The Balaban J connectivity index is 1.94. The first-order valence-electron chi connectivity index (χ1n) is 5.97. The number of nitrogens with zero attached hydrogens (tertiary/aromatic N) is 1. The molecule has 0 saturated carbocycles. The van der Waals surface area contributed by atoms with Crippen LogP contribution in [0.1, 0.15) is 26.6 Å². The van der Waals surface area contributed by atoms with E-state index in [0.717, 1.165) is 34.4 Å². The second kappa shape index (κ2) is 5.43. The highest BCUT2D eigenvalue weighted by Crippen LogP contribution is 2.27. The van der Waals surface area contributed by atoms with Crippen LogP contribution in [0.3, 0.4) is 0 Å². The zero-order valence-electron chi connectivity index (χ0n) is 10.9. The highest BCUT2D eigenvalue weighted by Gasteiger charge is 2.09. The van der Waals surface area contributed by atoms with Gasteiger partial charge in [-0.1, -0.05) is 11.6 Å². The molecule has 2 aromatic rings. The third-order valence-corrected chi connectivity index (χ3v) is 3.62. The summed E-state index contributed by atoms with van der Waals surface area (Å²) in [5, 5.41) is 5.48. The molecule has 0 spiro atoms. The van der Waals surface area contributed by atoms with Crippen LogP contribution in [0, 0.1) is 0 Å². The largest absolute Gasteiger partial charge is 0.342 e. The summed E-state index contributed by atoms with van der Waals surface area (Å²) in [5.41, 5.74) is 2.28. The van der Waals surface area contributed by atoms with Gasteiger partial charge < -0.3 is 10.3 Å². The number of H-pyrrole nitrogens is 1. The number of imidazole rings is 1. The molecule has 3 nitrogen and oxygen atoms in total. The molecule has 2 heterocycles. The van der Waals surface area contributed by atoms with Gasteiger partial charge in [-0.25, -0.2) is 4.98 Å². The molecule has 98 valence electrons. The fourth-order valence-electron chi connectivity index (χ4n) is 1.64. The zero-order chi connectivity index (χ0) is 13.2. The van der Waals surface area contributed by atoms with Crippen molar-refractivity contribution in [3.05, 3.63) is 27.8 Å². The Hall–Kier alpha value is -0.840. The summed E-state index contributed by atoms with van der Waals surface area (Å²) in [7, 11) is 0. The number of thiophene rings is 1. The predicted octanol–water partition coefficient (Wildman–Crippen LogP) is 3.72. The molecule has 18 heavy (non-hydrogen) atoms. The minimum absolute atomic E-state index is 0.149. The minimum atomic E-state index is 0.149. The second-order valence-electron chi connectivity index (χ2n) is 5.31. The van der Waals surface area contributed by atoms with Gasteiger partial charge in [0.25, 0.3) is 0 Å². The van der Waals surface area contributed by atoms with E-state index >= 15 is 0 Å². The molecule has 0 aliphatic heterocycles. The molecule has 5 heteroatoms. The molecule has 2 aromatic heterocycles. The summed E-state index contributed by atoms with van der Waals surface area (Å²) in [6.07, 6.45) is 2.76. The van der Waals surface area contributed by atoms with Crippen molar-refractivity contribution in [3.8, 4) is 11.3 Å². The molecule has 0 fully saturated rings. The lowest BCUT2D eigenvalue weighted by Gasteiger charge is -2.19. The second-order valence-corrected chi connectivity index (χ2v) is 6.85. The first-order valence-corrected chi connectivity index (χ1v) is 7.23. The van der Waals surface area contributed by atoms with Crippen LogP contribution in [-0.2, 0) is 6.42 Å². The maximum absolute atomic E-state index is 5.93. The van der Waals surface area contributed by atoms with Crippen molar-refractivity contribution in [3.63, 3.8) is 0 Å². The van der Waals surface area contributed by atoms with E-state index in [1.54, 1.807) is 0 Å². The molecule has 2 rings (SSSR count). The van der Waals surface area contributed by atoms with E-state index in [9.17, 15) is 0 Å². The number of aromatic amines is 1. The van der Waals surface area contributed by atoms with Crippen molar-refractivity contribution in [1.82, 2.24) is 15.3 Å². The lowest BCUT2D eigenvalue weighted by atomic mass is 10.1. The van der Waals surface area contributed by atoms with Crippen LogP contribution in [0.15, 0.2) is 17.6 Å². The quantitative estimate of drug-likeness (QED) is 0.898. The number of nitrogens with one attached hydrogen (secondary N) is 2. The molecule has 0 bridgehead atoms. The predicted molar refractivity (Wildman–Crippen MR) is 78.4 cm³/mol. The van der Waals surface area contributed by atoms with Gasteiger partial charge in [0.2, 0.25) is 0 Å². The van der Waals surface area contributed by atoms with E-state index in [0.29, 0.717) is 0 Å². The number of halogens is 1. The van der Waals surface area contributed by atoms with Crippen molar-refractivity contribution >= 4 is 22.9 Å². The van der Waals surface area contributed by atoms with Gasteiger partial charge in [-0.3, -0.25) is 0 Å². The van der Waals surface area contributed by atoms with Gasteiger partial charge in [-0.2, -0.15) is 0 Å². The molecular weight excluding hydrogens is 266 g/mol. The molecule has 0 aliphatic carbocycles. The Kier molecular flexibility index (Phi) is 4.10. The van der Waals surface area contributed by atoms with Gasteiger partial charge in [0.1, 0.15) is 5.82 Å². The zero-order valence-corrected chi connectivity index (χ0v) is 12.5. The van der Waals surface area contributed by atoms with Gasteiger partial charge in [0.05, 0.1) is 16.2 Å². The van der Waals surface area contributed by atoms with Crippen LogP contribution >= 0.6 is 22.9 Å². The van der Waals surface area contributed by atoms with Crippen molar-refractivity contribution in [2.45, 2.75) is 32.7 Å². The van der Waals surface area contributed by atoms with Crippen LogP contribution in [0.25, 0.3) is 11.3 Å². The number of rotatable bonds is 4. The Morgan fingerprint density at radius 3 is 2.83 bits per heavy atom. The molecule has 0 aromatic carbocycles. The molecule has 0 atom stereocenters. The van der Waals surface area contributed by atoms with Crippen molar-refractivity contribution in [2.75, 3.05) is 6.54 Å². The van der Waals surface area contributed by atoms with E-state index in [1.165, 1.54) is 11.3 Å². The standard InChI is InChI=1S/C13H18ClN3S/c1-13(2,3)16-5-4-12-15-7-10(17-12)9-6-11(14)18-8-9/h6-8,16H,4-5H2,1-3H3,(H,15,17). The molecule has 0 radical (unpaired) electrons. The van der Waals surface area contributed by atoms with Gasteiger partial charge in [-0.05, 0) is 26.8 Å². The highest BCUT2D eigenvalue weighted by atomic mass is 35.5. The molecule has 0 saturated heterocycles. The minimum Gasteiger partial charge on any atom is -0.342 e. The van der Waals surface area contributed by atoms with Crippen molar-refractivity contribution in [2.24, 2.45) is 0 Å².